The number of nitrogens with one attached hydrogen (secondary N) is 1. The molecule has 5 rings (SSSR count). The number of hydrogen-bond acceptors (Lipinski definition) is 5. The molecule has 2 amide bonds. The van der Waals surface area contributed by atoms with Crippen LogP contribution in [-0.4, -0.2) is 27.1 Å². The van der Waals surface area contributed by atoms with E-state index in [2.05, 4.69) is 10.3 Å². The van der Waals surface area contributed by atoms with Gasteiger partial charge in [0.05, 0.1) is 29.2 Å². The van der Waals surface area contributed by atoms with Crippen LogP contribution in [0.15, 0.2) is 77.4 Å². The van der Waals surface area contributed by atoms with E-state index < -0.39 is 5.91 Å². The van der Waals surface area contributed by atoms with Crippen LogP contribution in [0.25, 0.3) is 16.9 Å². The number of nitrogens with zero attached hydrogens (tertiary/aromatic N) is 3. The molecule has 2 aromatic heterocycles. The number of primary amides is 1. The maximum atomic E-state index is 12.6. The quantitative estimate of drug-likeness (QED) is 0.511. The molecule has 0 fully saturated rings. The molecule has 4 aromatic rings. The van der Waals surface area contributed by atoms with Crippen molar-refractivity contribution in [2.45, 2.75) is 6.42 Å². The maximum Gasteiger partial charge on any atom is 0.277 e. The second-order valence-corrected chi connectivity index (χ2v) is 7.92. The van der Waals surface area contributed by atoms with Gasteiger partial charge in [-0.3, -0.25) is 14.6 Å². The van der Waals surface area contributed by atoms with Gasteiger partial charge in [0.2, 0.25) is 5.91 Å². The van der Waals surface area contributed by atoms with Crippen LogP contribution in [0.3, 0.4) is 0 Å². The molecule has 8 heteroatoms. The molecule has 0 unspecified atom stereocenters. The van der Waals surface area contributed by atoms with E-state index in [-0.39, 0.29) is 17.3 Å². The van der Waals surface area contributed by atoms with E-state index in [1.807, 2.05) is 71.6 Å². The summed E-state index contributed by atoms with van der Waals surface area (Å²) in [7, 11) is 0. The Labute approximate surface area is 181 Å². The molecule has 2 aromatic carbocycles. The molecule has 1 aliphatic rings. The second kappa shape index (κ2) is 7.66. The fraction of sp³-hybridized carbons (Fsp3) is 0.0435. The van der Waals surface area contributed by atoms with E-state index >= 15 is 0 Å². The first kappa shape index (κ1) is 19.0. The highest BCUT2D eigenvalue weighted by atomic mass is 32.1. The third-order valence-corrected chi connectivity index (χ3v) is 5.80. The lowest BCUT2D eigenvalue weighted by atomic mass is 10.0. The predicted octanol–water partition coefficient (Wildman–Crippen LogP) is 4.16. The summed E-state index contributed by atoms with van der Waals surface area (Å²) in [5.41, 5.74) is 10.6. The average molecular weight is 427 g/mol. The highest BCUT2D eigenvalue weighted by molar-refractivity contribution is 7.12. The van der Waals surface area contributed by atoms with Gasteiger partial charge >= 0.3 is 0 Å². The molecule has 0 atom stereocenters. The zero-order valence-corrected chi connectivity index (χ0v) is 17.1. The molecule has 3 N–H and O–H groups in total. The van der Waals surface area contributed by atoms with Crippen molar-refractivity contribution in [2.24, 2.45) is 10.7 Å². The third-order valence-electron chi connectivity index (χ3n) is 4.95. The number of fused-ring (bicyclic) bond motifs is 1. The number of aliphatic imine (C=N–C) groups is 1. The van der Waals surface area contributed by atoms with Crippen molar-refractivity contribution in [3.63, 3.8) is 0 Å². The van der Waals surface area contributed by atoms with Crippen LogP contribution in [0.5, 0.6) is 0 Å². The SMILES string of the molecule is NC(=O)c1nc(-c2cccc(C3=Nc4ccc(-n5cccc5)cc4NC(=O)C3)c2)cs1. The van der Waals surface area contributed by atoms with E-state index in [4.69, 9.17) is 10.7 Å². The summed E-state index contributed by atoms with van der Waals surface area (Å²) in [5.74, 6) is -0.676. The lowest BCUT2D eigenvalue weighted by Crippen LogP contribution is -2.15. The number of thiazole rings is 1. The monoisotopic (exact) mass is 427 g/mol. The third kappa shape index (κ3) is 3.76. The summed E-state index contributed by atoms with van der Waals surface area (Å²) in [6.45, 7) is 0. The minimum Gasteiger partial charge on any atom is -0.364 e. The first-order valence-corrected chi connectivity index (χ1v) is 10.5. The van der Waals surface area contributed by atoms with Gasteiger partial charge in [-0.25, -0.2) is 4.98 Å². The van der Waals surface area contributed by atoms with Gasteiger partial charge in [0.15, 0.2) is 5.01 Å². The Morgan fingerprint density at radius 1 is 1.06 bits per heavy atom. The van der Waals surface area contributed by atoms with Gasteiger partial charge in [-0.15, -0.1) is 11.3 Å². The number of anilines is 1. The van der Waals surface area contributed by atoms with E-state index in [0.717, 1.165) is 16.8 Å². The van der Waals surface area contributed by atoms with E-state index in [1.165, 1.54) is 11.3 Å². The van der Waals surface area contributed by atoms with Crippen LogP contribution in [0.4, 0.5) is 11.4 Å². The molecular weight excluding hydrogens is 410 g/mol. The fourth-order valence-electron chi connectivity index (χ4n) is 3.46. The Balaban J connectivity index is 1.53. The highest BCUT2D eigenvalue weighted by Crippen LogP contribution is 2.32. The number of aromatic nitrogens is 2. The Hall–Kier alpha value is -4.04. The molecule has 152 valence electrons. The molecule has 0 radical (unpaired) electrons. The number of carbonyl (C=O) groups is 2. The van der Waals surface area contributed by atoms with Crippen LogP contribution in [0, 0.1) is 0 Å². The number of rotatable bonds is 4. The van der Waals surface area contributed by atoms with Crippen molar-refractivity contribution in [3.05, 3.63) is 82.9 Å². The molecule has 1 aliphatic heterocycles. The molecule has 7 nitrogen and oxygen atoms in total. The number of amides is 2. The average Bonchev–Trinajstić information content (AvgIpc) is 3.44. The molecule has 0 bridgehead atoms. The number of hydrogen-bond donors (Lipinski definition) is 2. The highest BCUT2D eigenvalue weighted by Gasteiger charge is 2.19. The molecule has 0 saturated heterocycles. The second-order valence-electron chi connectivity index (χ2n) is 7.06. The number of benzene rings is 2. The molecule has 3 heterocycles. The summed E-state index contributed by atoms with van der Waals surface area (Å²) >= 11 is 1.21. The normalized spacial score (nSPS) is 13.2. The maximum absolute atomic E-state index is 12.6. The minimum atomic E-state index is -0.548. The lowest BCUT2D eigenvalue weighted by Gasteiger charge is -2.08. The predicted molar refractivity (Wildman–Crippen MR) is 121 cm³/mol. The Morgan fingerprint density at radius 3 is 2.65 bits per heavy atom. The van der Waals surface area contributed by atoms with Gasteiger partial charge in [0.1, 0.15) is 0 Å². The van der Waals surface area contributed by atoms with Crippen molar-refractivity contribution in [1.29, 1.82) is 0 Å². The number of carbonyl (C=O) groups excluding carboxylic acids is 2. The Bertz CT molecular complexity index is 1340. The molecular formula is C23H17N5O2S. The van der Waals surface area contributed by atoms with Gasteiger partial charge < -0.3 is 15.6 Å². The standard InChI is InChI=1S/C23H17N5O2S/c24-22(30)23-27-20(13-31-23)15-5-3-4-14(10-15)18-12-21(29)26-19-11-16(6-7-17(19)25-18)28-8-1-2-9-28/h1-11,13H,12H2,(H2,24,30)(H,26,29). The summed E-state index contributed by atoms with van der Waals surface area (Å²) in [4.78, 5) is 33.0. The molecule has 0 spiro atoms. The zero-order chi connectivity index (χ0) is 21.4. The zero-order valence-electron chi connectivity index (χ0n) is 16.3. The van der Waals surface area contributed by atoms with Crippen molar-refractivity contribution in [3.8, 4) is 16.9 Å². The van der Waals surface area contributed by atoms with E-state index in [9.17, 15) is 9.59 Å². The summed E-state index contributed by atoms with van der Waals surface area (Å²) in [5, 5.41) is 5.01. The first-order valence-electron chi connectivity index (χ1n) is 9.58. The van der Waals surface area contributed by atoms with Crippen molar-refractivity contribution in [1.82, 2.24) is 9.55 Å². The van der Waals surface area contributed by atoms with Crippen LogP contribution in [0.1, 0.15) is 21.8 Å². The largest absolute Gasteiger partial charge is 0.364 e. The van der Waals surface area contributed by atoms with Crippen LogP contribution in [-0.2, 0) is 4.79 Å². The lowest BCUT2D eigenvalue weighted by molar-refractivity contribution is -0.115. The van der Waals surface area contributed by atoms with Gasteiger partial charge in [-0.2, -0.15) is 0 Å². The van der Waals surface area contributed by atoms with Gasteiger partial charge in [-0.05, 0) is 42.0 Å². The van der Waals surface area contributed by atoms with Gasteiger partial charge in [0, 0.05) is 29.0 Å². The summed E-state index contributed by atoms with van der Waals surface area (Å²) in [6, 6.07) is 17.3. The van der Waals surface area contributed by atoms with Gasteiger partial charge in [0.25, 0.3) is 5.91 Å². The summed E-state index contributed by atoms with van der Waals surface area (Å²) < 4.78 is 1.97. The Morgan fingerprint density at radius 2 is 1.87 bits per heavy atom. The van der Waals surface area contributed by atoms with E-state index in [1.54, 1.807) is 5.38 Å². The molecule has 0 saturated carbocycles. The molecule has 31 heavy (non-hydrogen) atoms. The van der Waals surface area contributed by atoms with Crippen molar-refractivity contribution < 1.29 is 9.59 Å². The topological polar surface area (TPSA) is 102 Å². The number of nitrogens with two attached hydrogens (primary N) is 1. The van der Waals surface area contributed by atoms with Crippen molar-refractivity contribution in [2.75, 3.05) is 5.32 Å². The van der Waals surface area contributed by atoms with Crippen LogP contribution < -0.4 is 11.1 Å². The fourth-order valence-corrected chi connectivity index (χ4v) is 4.14. The van der Waals surface area contributed by atoms with Crippen LogP contribution in [0.2, 0.25) is 0 Å². The minimum absolute atomic E-state index is 0.128. The molecule has 0 aliphatic carbocycles. The van der Waals surface area contributed by atoms with Crippen molar-refractivity contribution >= 4 is 40.2 Å². The van der Waals surface area contributed by atoms with Gasteiger partial charge in [-0.1, -0.05) is 18.2 Å². The smallest absolute Gasteiger partial charge is 0.277 e. The Kier molecular flexibility index (Phi) is 4.68. The summed E-state index contributed by atoms with van der Waals surface area (Å²) in [6.07, 6.45) is 4.05. The first-order chi connectivity index (χ1) is 15.1. The van der Waals surface area contributed by atoms with E-state index in [0.29, 0.717) is 22.8 Å². The van der Waals surface area contributed by atoms with Crippen LogP contribution >= 0.6 is 11.3 Å².